The average Bonchev–Trinajstić information content (AvgIpc) is 2.04. The molecule has 12 heavy (non-hydrogen) atoms. The summed E-state index contributed by atoms with van der Waals surface area (Å²) >= 11 is 0.894. The molecule has 0 fully saturated rings. The van der Waals surface area contributed by atoms with Gasteiger partial charge < -0.3 is 5.26 Å². The molecule has 1 aromatic rings. The first-order valence-corrected chi connectivity index (χ1v) is 3.77. The normalized spacial score (nSPS) is 9.17. The van der Waals surface area contributed by atoms with Gasteiger partial charge in [-0.2, -0.15) is 4.33 Å². The number of rotatable bonds is 3. The minimum absolute atomic E-state index is 0. The molecule has 0 saturated heterocycles. The standard InChI is InChI=1S/C7H8O3S.K/c1-6-2-4-7(5-3-6)11-10-9-8;/h2-5,8H,1H3;/q;+1/p-1. The zero-order chi connectivity index (χ0) is 8.10. The second kappa shape index (κ2) is 7.49. The molecule has 0 atom stereocenters. The van der Waals surface area contributed by atoms with E-state index in [1.165, 1.54) is 0 Å². The average molecular weight is 210 g/mol. The summed E-state index contributed by atoms with van der Waals surface area (Å²) in [6, 6.07) is 7.55. The van der Waals surface area contributed by atoms with Gasteiger partial charge in [-0.1, -0.05) is 17.7 Å². The van der Waals surface area contributed by atoms with Gasteiger partial charge in [-0.15, -0.1) is 0 Å². The molecule has 1 rings (SSSR count). The van der Waals surface area contributed by atoms with E-state index in [0.29, 0.717) is 0 Å². The predicted molar refractivity (Wildman–Crippen MR) is 39.2 cm³/mol. The van der Waals surface area contributed by atoms with Crippen molar-refractivity contribution in [3.8, 4) is 0 Å². The van der Waals surface area contributed by atoms with Gasteiger partial charge in [0.1, 0.15) is 0 Å². The van der Waals surface area contributed by atoms with Gasteiger partial charge in [0.05, 0.1) is 12.0 Å². The topological polar surface area (TPSA) is 41.5 Å². The summed E-state index contributed by atoms with van der Waals surface area (Å²) < 4.78 is 4.12. The van der Waals surface area contributed by atoms with E-state index in [1.807, 2.05) is 31.2 Å². The van der Waals surface area contributed by atoms with E-state index >= 15 is 0 Å². The van der Waals surface area contributed by atoms with E-state index in [1.54, 1.807) is 0 Å². The van der Waals surface area contributed by atoms with Crippen molar-refractivity contribution in [2.75, 3.05) is 0 Å². The van der Waals surface area contributed by atoms with E-state index in [-0.39, 0.29) is 51.4 Å². The van der Waals surface area contributed by atoms with Crippen molar-refractivity contribution in [2.24, 2.45) is 0 Å². The molecule has 0 unspecified atom stereocenters. The summed E-state index contributed by atoms with van der Waals surface area (Å²) in [5.41, 5.74) is 1.16. The van der Waals surface area contributed by atoms with Crippen molar-refractivity contribution >= 4 is 12.0 Å². The van der Waals surface area contributed by atoms with Crippen LogP contribution in [0.25, 0.3) is 0 Å². The summed E-state index contributed by atoms with van der Waals surface area (Å²) in [7, 11) is 0. The van der Waals surface area contributed by atoms with Crippen LogP contribution in [0.15, 0.2) is 29.2 Å². The zero-order valence-corrected chi connectivity index (χ0v) is 10.9. The van der Waals surface area contributed by atoms with Gasteiger partial charge in [0.25, 0.3) is 0 Å². The van der Waals surface area contributed by atoms with Gasteiger partial charge in [-0.3, -0.25) is 5.04 Å². The van der Waals surface area contributed by atoms with E-state index in [4.69, 9.17) is 0 Å². The van der Waals surface area contributed by atoms with Gasteiger partial charge in [-0.05, 0) is 19.1 Å². The Morgan fingerprint density at radius 1 is 1.25 bits per heavy atom. The molecule has 0 aliphatic carbocycles. The van der Waals surface area contributed by atoms with Gasteiger partial charge in [-0.25, -0.2) is 0 Å². The fourth-order valence-electron chi connectivity index (χ4n) is 0.647. The first-order chi connectivity index (χ1) is 5.33. The maximum absolute atomic E-state index is 9.43. The Bertz CT molecular complexity index is 214. The molecule has 3 nitrogen and oxygen atoms in total. The van der Waals surface area contributed by atoms with E-state index < -0.39 is 0 Å². The fraction of sp³-hybridized carbons (Fsp3) is 0.143. The van der Waals surface area contributed by atoms with Crippen LogP contribution in [0.5, 0.6) is 0 Å². The van der Waals surface area contributed by atoms with Gasteiger partial charge in [0, 0.05) is 4.90 Å². The monoisotopic (exact) mass is 210 g/mol. The largest absolute Gasteiger partial charge is 1.00 e. The van der Waals surface area contributed by atoms with Crippen molar-refractivity contribution in [3.05, 3.63) is 29.8 Å². The van der Waals surface area contributed by atoms with Gasteiger partial charge >= 0.3 is 51.4 Å². The van der Waals surface area contributed by atoms with Crippen molar-refractivity contribution < 1.29 is 66.0 Å². The second-order valence-corrected chi connectivity index (χ2v) is 2.81. The maximum atomic E-state index is 9.43. The number of aryl methyl sites for hydroxylation is 1. The molecule has 1 aromatic carbocycles. The molecule has 0 heterocycles. The van der Waals surface area contributed by atoms with Crippen LogP contribution in [-0.2, 0) is 9.37 Å². The SMILES string of the molecule is Cc1ccc(SOO[O-])cc1.[K+]. The van der Waals surface area contributed by atoms with E-state index in [0.717, 1.165) is 22.5 Å². The van der Waals surface area contributed by atoms with Gasteiger partial charge in [0.15, 0.2) is 0 Å². The summed E-state index contributed by atoms with van der Waals surface area (Å²) in [5.74, 6) is 0. The van der Waals surface area contributed by atoms with Crippen molar-refractivity contribution in [2.45, 2.75) is 11.8 Å². The first-order valence-electron chi connectivity index (χ1n) is 3.03. The molecule has 5 heteroatoms. The van der Waals surface area contributed by atoms with E-state index in [9.17, 15) is 5.26 Å². The minimum Gasteiger partial charge on any atom is -0.691 e. The molecular formula is C7H7KO3S. The minimum atomic E-state index is 0. The summed E-state index contributed by atoms with van der Waals surface area (Å²) in [4.78, 5) is 0.839. The Balaban J connectivity index is 0.00000121. The Morgan fingerprint density at radius 2 is 1.83 bits per heavy atom. The van der Waals surface area contributed by atoms with E-state index in [2.05, 4.69) is 9.37 Å². The first kappa shape index (κ1) is 13.1. The Morgan fingerprint density at radius 3 is 2.33 bits per heavy atom. The molecule has 0 aromatic heterocycles. The smallest absolute Gasteiger partial charge is 0.691 e. The maximum Gasteiger partial charge on any atom is 1.00 e. The van der Waals surface area contributed by atoms with Crippen LogP contribution >= 0.6 is 12.0 Å². The molecule has 60 valence electrons. The third-order valence-corrected chi connectivity index (χ3v) is 1.77. The fourth-order valence-corrected chi connectivity index (χ4v) is 1.00. The van der Waals surface area contributed by atoms with Crippen molar-refractivity contribution in [3.63, 3.8) is 0 Å². The molecule has 0 saturated carbocycles. The molecule has 0 bridgehead atoms. The third kappa shape index (κ3) is 4.96. The summed E-state index contributed by atoms with van der Waals surface area (Å²) in [5, 5.41) is 12.6. The van der Waals surface area contributed by atoms with Crippen LogP contribution < -0.4 is 56.6 Å². The van der Waals surface area contributed by atoms with Gasteiger partial charge in [0.2, 0.25) is 0 Å². The van der Waals surface area contributed by atoms with Crippen LogP contribution in [0, 0.1) is 6.92 Å². The molecule has 0 aliphatic rings. The predicted octanol–water partition coefficient (Wildman–Crippen LogP) is -1.77. The molecular weight excluding hydrogens is 203 g/mol. The molecule has 0 amide bonds. The van der Waals surface area contributed by atoms with Crippen molar-refractivity contribution in [1.29, 1.82) is 0 Å². The third-order valence-electron chi connectivity index (χ3n) is 1.18. The molecule has 0 aliphatic heterocycles. The summed E-state index contributed by atoms with van der Waals surface area (Å²) in [6.07, 6.45) is 0. The Hall–Kier alpha value is 1.09. The number of hydrogen-bond acceptors (Lipinski definition) is 4. The van der Waals surface area contributed by atoms with Crippen LogP contribution in [0.3, 0.4) is 0 Å². The second-order valence-electron chi connectivity index (χ2n) is 2.03. The molecule has 0 radical (unpaired) electrons. The van der Waals surface area contributed by atoms with Crippen LogP contribution in [0.2, 0.25) is 0 Å². The molecule has 0 N–H and O–H groups in total. The quantitative estimate of drug-likeness (QED) is 0.256. The number of benzene rings is 1. The van der Waals surface area contributed by atoms with Crippen molar-refractivity contribution in [1.82, 2.24) is 0 Å². The Kier molecular flexibility index (Phi) is 8.16. The van der Waals surface area contributed by atoms with Crippen LogP contribution in [0.1, 0.15) is 5.56 Å². The number of hydrogen-bond donors (Lipinski definition) is 0. The van der Waals surface area contributed by atoms with Crippen LogP contribution in [-0.4, -0.2) is 0 Å². The molecule has 0 spiro atoms. The summed E-state index contributed by atoms with van der Waals surface area (Å²) in [6.45, 7) is 1.99. The van der Waals surface area contributed by atoms with Crippen LogP contribution in [0.4, 0.5) is 0 Å². The zero-order valence-electron chi connectivity index (χ0n) is 6.94. The Labute approximate surface area is 118 Å².